The maximum Gasteiger partial charge on any atom is 0.249 e. The van der Waals surface area contributed by atoms with Gasteiger partial charge in [-0.1, -0.05) is 29.3 Å². The third-order valence-corrected chi connectivity index (χ3v) is 3.64. The van der Waals surface area contributed by atoms with Gasteiger partial charge in [0.1, 0.15) is 5.75 Å². The summed E-state index contributed by atoms with van der Waals surface area (Å²) < 4.78 is 5.19. The molecule has 0 unspecified atom stereocenters. The highest BCUT2D eigenvalue weighted by Crippen LogP contribution is 2.27. The molecule has 2 aromatic carbocycles. The number of halogens is 2. The Hall–Kier alpha value is -2.57. The SMILES string of the molecule is COc1cccc(Nc2cnnc(Nc3cc(Cl)ccc3Cl)n2)c1. The van der Waals surface area contributed by atoms with Gasteiger partial charge in [-0.05, 0) is 30.3 Å². The number of nitrogens with zero attached hydrogens (tertiary/aromatic N) is 3. The van der Waals surface area contributed by atoms with E-state index in [1.807, 2.05) is 24.3 Å². The van der Waals surface area contributed by atoms with Crippen LogP contribution in [0.15, 0.2) is 48.7 Å². The zero-order valence-electron chi connectivity index (χ0n) is 12.6. The highest BCUT2D eigenvalue weighted by atomic mass is 35.5. The second-order valence-electron chi connectivity index (χ2n) is 4.77. The number of hydrogen-bond acceptors (Lipinski definition) is 6. The molecule has 0 amide bonds. The first kappa shape index (κ1) is 16.3. The molecule has 122 valence electrons. The van der Waals surface area contributed by atoms with E-state index in [1.165, 1.54) is 6.20 Å². The number of aromatic nitrogens is 3. The molecule has 0 aliphatic heterocycles. The lowest BCUT2D eigenvalue weighted by molar-refractivity contribution is 0.415. The molecule has 3 aromatic rings. The van der Waals surface area contributed by atoms with E-state index in [2.05, 4.69) is 25.8 Å². The number of nitrogens with one attached hydrogen (secondary N) is 2. The van der Waals surface area contributed by atoms with Gasteiger partial charge in [-0.3, -0.25) is 0 Å². The fourth-order valence-corrected chi connectivity index (χ4v) is 2.32. The zero-order valence-corrected chi connectivity index (χ0v) is 14.1. The van der Waals surface area contributed by atoms with Crippen molar-refractivity contribution in [2.24, 2.45) is 0 Å². The van der Waals surface area contributed by atoms with Gasteiger partial charge in [0.25, 0.3) is 0 Å². The molecule has 0 saturated carbocycles. The van der Waals surface area contributed by atoms with Crippen molar-refractivity contribution in [2.75, 3.05) is 17.7 Å². The first-order chi connectivity index (χ1) is 11.6. The standard InChI is InChI=1S/C16H13Cl2N5O/c1-24-12-4-2-3-11(8-12)20-15-9-19-23-16(22-15)21-14-7-10(17)5-6-13(14)18/h2-9H,1H3,(H2,20,21,22,23). The fraction of sp³-hybridized carbons (Fsp3) is 0.0625. The molecular weight excluding hydrogens is 349 g/mol. The van der Waals surface area contributed by atoms with Crippen LogP contribution in [0, 0.1) is 0 Å². The van der Waals surface area contributed by atoms with Crippen LogP contribution in [0.3, 0.4) is 0 Å². The molecule has 0 radical (unpaired) electrons. The molecule has 0 aliphatic carbocycles. The minimum Gasteiger partial charge on any atom is -0.497 e. The smallest absolute Gasteiger partial charge is 0.249 e. The second-order valence-corrected chi connectivity index (χ2v) is 5.61. The topological polar surface area (TPSA) is 72.0 Å². The molecule has 0 atom stereocenters. The van der Waals surface area contributed by atoms with Crippen molar-refractivity contribution in [2.45, 2.75) is 0 Å². The van der Waals surface area contributed by atoms with Gasteiger partial charge in [0.15, 0.2) is 5.82 Å². The summed E-state index contributed by atoms with van der Waals surface area (Å²) in [4.78, 5) is 4.35. The van der Waals surface area contributed by atoms with Crippen LogP contribution in [-0.2, 0) is 0 Å². The summed E-state index contributed by atoms with van der Waals surface area (Å²) in [6.45, 7) is 0. The largest absolute Gasteiger partial charge is 0.497 e. The first-order valence-electron chi connectivity index (χ1n) is 6.97. The van der Waals surface area contributed by atoms with Crippen LogP contribution < -0.4 is 15.4 Å². The van der Waals surface area contributed by atoms with Crippen LogP contribution in [0.4, 0.5) is 23.1 Å². The van der Waals surface area contributed by atoms with Crippen LogP contribution >= 0.6 is 23.2 Å². The Balaban J connectivity index is 1.80. The van der Waals surface area contributed by atoms with E-state index < -0.39 is 0 Å². The minimum atomic E-state index is 0.298. The van der Waals surface area contributed by atoms with Gasteiger partial charge >= 0.3 is 0 Å². The maximum absolute atomic E-state index is 6.12. The molecule has 2 N–H and O–H groups in total. The van der Waals surface area contributed by atoms with Gasteiger partial charge in [-0.2, -0.15) is 10.1 Å². The first-order valence-corrected chi connectivity index (χ1v) is 7.72. The van der Waals surface area contributed by atoms with E-state index in [9.17, 15) is 0 Å². The Morgan fingerprint density at radius 2 is 1.92 bits per heavy atom. The van der Waals surface area contributed by atoms with Crippen LogP contribution in [0.1, 0.15) is 0 Å². The van der Waals surface area contributed by atoms with Crippen LogP contribution in [-0.4, -0.2) is 22.3 Å². The van der Waals surface area contributed by atoms with E-state index in [0.717, 1.165) is 11.4 Å². The molecule has 0 aliphatic rings. The van der Waals surface area contributed by atoms with Gasteiger partial charge in [0.05, 0.1) is 24.0 Å². The molecule has 6 nitrogen and oxygen atoms in total. The Kier molecular flexibility index (Phi) is 4.98. The molecule has 1 heterocycles. The molecular formula is C16H13Cl2N5O. The van der Waals surface area contributed by atoms with E-state index in [-0.39, 0.29) is 0 Å². The predicted molar refractivity (Wildman–Crippen MR) is 95.8 cm³/mol. The van der Waals surface area contributed by atoms with Crippen molar-refractivity contribution in [1.82, 2.24) is 15.2 Å². The number of benzene rings is 2. The summed E-state index contributed by atoms with van der Waals surface area (Å²) in [7, 11) is 1.61. The fourth-order valence-electron chi connectivity index (χ4n) is 1.98. The van der Waals surface area contributed by atoms with Crippen LogP contribution in [0.25, 0.3) is 0 Å². The van der Waals surface area contributed by atoms with Gasteiger partial charge in [0, 0.05) is 16.8 Å². The second kappa shape index (κ2) is 7.33. The Bertz CT molecular complexity index is 859. The summed E-state index contributed by atoms with van der Waals surface area (Å²) in [5.41, 5.74) is 1.42. The summed E-state index contributed by atoms with van der Waals surface area (Å²) in [6, 6.07) is 12.6. The average molecular weight is 362 g/mol. The van der Waals surface area contributed by atoms with Crippen LogP contribution in [0.2, 0.25) is 10.0 Å². The Morgan fingerprint density at radius 1 is 1.04 bits per heavy atom. The quantitative estimate of drug-likeness (QED) is 0.687. The Labute approximate surface area is 148 Å². The van der Waals surface area contributed by atoms with E-state index >= 15 is 0 Å². The number of hydrogen-bond donors (Lipinski definition) is 2. The third kappa shape index (κ3) is 4.04. The minimum absolute atomic E-state index is 0.298. The van der Waals surface area contributed by atoms with E-state index in [1.54, 1.807) is 25.3 Å². The van der Waals surface area contributed by atoms with Crippen molar-refractivity contribution >= 4 is 46.3 Å². The van der Waals surface area contributed by atoms with Crippen molar-refractivity contribution in [1.29, 1.82) is 0 Å². The van der Waals surface area contributed by atoms with E-state index in [4.69, 9.17) is 27.9 Å². The maximum atomic E-state index is 6.12. The summed E-state index contributed by atoms with van der Waals surface area (Å²) in [6.07, 6.45) is 1.52. The molecule has 1 aromatic heterocycles. The summed E-state index contributed by atoms with van der Waals surface area (Å²) >= 11 is 12.1. The van der Waals surface area contributed by atoms with Gasteiger partial charge in [0.2, 0.25) is 5.95 Å². The monoisotopic (exact) mass is 361 g/mol. The molecule has 3 rings (SSSR count). The van der Waals surface area contributed by atoms with Gasteiger partial charge in [-0.25, -0.2) is 0 Å². The number of methoxy groups -OCH3 is 1. The zero-order chi connectivity index (χ0) is 16.9. The highest BCUT2D eigenvalue weighted by Gasteiger charge is 2.06. The highest BCUT2D eigenvalue weighted by molar-refractivity contribution is 6.35. The van der Waals surface area contributed by atoms with Crippen molar-refractivity contribution in [3.8, 4) is 5.75 Å². The Morgan fingerprint density at radius 3 is 2.75 bits per heavy atom. The van der Waals surface area contributed by atoms with Gasteiger partial charge in [-0.15, -0.1) is 5.10 Å². The number of anilines is 4. The molecule has 0 fully saturated rings. The average Bonchev–Trinajstić information content (AvgIpc) is 2.59. The van der Waals surface area contributed by atoms with E-state index in [0.29, 0.717) is 27.5 Å². The summed E-state index contributed by atoms with van der Waals surface area (Å²) in [5.74, 6) is 1.57. The lowest BCUT2D eigenvalue weighted by Gasteiger charge is -2.09. The summed E-state index contributed by atoms with van der Waals surface area (Å²) in [5, 5.41) is 15.1. The van der Waals surface area contributed by atoms with Crippen molar-refractivity contribution in [3.05, 3.63) is 58.7 Å². The van der Waals surface area contributed by atoms with Crippen molar-refractivity contribution < 1.29 is 4.74 Å². The lowest BCUT2D eigenvalue weighted by atomic mass is 10.3. The molecule has 24 heavy (non-hydrogen) atoms. The number of rotatable bonds is 5. The molecule has 8 heteroatoms. The molecule has 0 saturated heterocycles. The predicted octanol–water partition coefficient (Wildman–Crippen LogP) is 4.67. The van der Waals surface area contributed by atoms with Crippen molar-refractivity contribution in [3.63, 3.8) is 0 Å². The normalized spacial score (nSPS) is 10.3. The lowest BCUT2D eigenvalue weighted by Crippen LogP contribution is -2.02. The molecule has 0 bridgehead atoms. The molecule has 0 spiro atoms. The van der Waals surface area contributed by atoms with Gasteiger partial charge < -0.3 is 15.4 Å². The third-order valence-electron chi connectivity index (χ3n) is 3.08. The van der Waals surface area contributed by atoms with Crippen LogP contribution in [0.5, 0.6) is 5.75 Å². The number of ether oxygens (including phenoxy) is 1.